The zero-order chi connectivity index (χ0) is 16.8. The summed E-state index contributed by atoms with van der Waals surface area (Å²) in [5.74, 6) is 0.0750. The molecule has 126 valence electrons. The fourth-order valence-corrected chi connectivity index (χ4v) is 3.15. The van der Waals surface area contributed by atoms with Crippen molar-refractivity contribution in [2.45, 2.75) is 31.0 Å². The van der Waals surface area contributed by atoms with Gasteiger partial charge in [0.2, 0.25) is 5.88 Å². The van der Waals surface area contributed by atoms with Gasteiger partial charge in [-0.3, -0.25) is 9.78 Å². The van der Waals surface area contributed by atoms with Gasteiger partial charge in [-0.15, -0.1) is 0 Å². The van der Waals surface area contributed by atoms with E-state index in [0.717, 1.165) is 10.1 Å². The second-order valence-electron chi connectivity index (χ2n) is 5.93. The van der Waals surface area contributed by atoms with Gasteiger partial charge in [0.05, 0.1) is 5.56 Å². The number of rotatable bonds is 2. The zero-order valence-corrected chi connectivity index (χ0v) is 12.6. The van der Waals surface area contributed by atoms with Crippen molar-refractivity contribution >= 4 is 0 Å². The van der Waals surface area contributed by atoms with Crippen molar-refractivity contribution in [2.24, 2.45) is 0 Å². The number of H-pyrrole nitrogens is 1. The molecule has 2 aromatic rings. The summed E-state index contributed by atoms with van der Waals surface area (Å²) >= 11 is 0. The molecule has 4 rings (SSSR count). The third-order valence-electron chi connectivity index (χ3n) is 4.39. The molecule has 1 aromatic heterocycles. The highest BCUT2D eigenvalue weighted by Gasteiger charge is 2.47. The van der Waals surface area contributed by atoms with Crippen molar-refractivity contribution in [1.82, 2.24) is 9.55 Å². The van der Waals surface area contributed by atoms with E-state index in [-0.39, 0.29) is 24.5 Å². The summed E-state index contributed by atoms with van der Waals surface area (Å²) in [7, 11) is 0. The van der Waals surface area contributed by atoms with Crippen LogP contribution >= 0.6 is 0 Å². The van der Waals surface area contributed by atoms with Crippen LogP contribution in [-0.2, 0) is 11.2 Å². The summed E-state index contributed by atoms with van der Waals surface area (Å²) in [5, 5.41) is 20.1. The minimum absolute atomic E-state index is 0.0561. The number of aromatic nitrogens is 2. The number of aliphatic hydroxyl groups excluding tert-OH is 2. The van der Waals surface area contributed by atoms with Crippen LogP contribution in [0.4, 0.5) is 0 Å². The quantitative estimate of drug-likeness (QED) is 0.659. The second-order valence-corrected chi connectivity index (χ2v) is 5.93. The topological polar surface area (TPSA) is 114 Å². The number of aromatic amines is 1. The van der Waals surface area contributed by atoms with Crippen LogP contribution in [0.5, 0.6) is 5.88 Å². The van der Waals surface area contributed by atoms with Crippen molar-refractivity contribution in [3.8, 4) is 5.88 Å². The lowest BCUT2D eigenvalue weighted by atomic mass is 10.1. The summed E-state index contributed by atoms with van der Waals surface area (Å²) in [6, 6.07) is 9.29. The molecule has 1 aromatic carbocycles. The second kappa shape index (κ2) is 5.59. The predicted octanol–water partition coefficient (Wildman–Crippen LogP) is -0.861. The lowest BCUT2D eigenvalue weighted by molar-refractivity contribution is -0.0337. The molecule has 0 unspecified atom stereocenters. The fraction of sp³-hybridized carbons (Fsp3) is 0.375. The van der Waals surface area contributed by atoms with Gasteiger partial charge in [0.1, 0.15) is 24.9 Å². The molecule has 4 atom stereocenters. The molecule has 0 radical (unpaired) electrons. The maximum Gasteiger partial charge on any atom is 0.333 e. The molecule has 2 aliphatic heterocycles. The van der Waals surface area contributed by atoms with Crippen LogP contribution < -0.4 is 16.0 Å². The molecule has 0 amide bonds. The van der Waals surface area contributed by atoms with E-state index in [2.05, 4.69) is 4.98 Å². The Kier molecular flexibility index (Phi) is 3.52. The highest BCUT2D eigenvalue weighted by Crippen LogP contribution is 2.35. The summed E-state index contributed by atoms with van der Waals surface area (Å²) in [5.41, 5.74) is -0.129. The van der Waals surface area contributed by atoms with Crippen molar-refractivity contribution in [1.29, 1.82) is 0 Å². The maximum atomic E-state index is 12.3. The number of ether oxygens (including phenoxy) is 2. The molecule has 0 aliphatic carbocycles. The number of aliphatic hydroxyl groups is 2. The van der Waals surface area contributed by atoms with Crippen molar-refractivity contribution in [3.63, 3.8) is 0 Å². The molecule has 8 nitrogen and oxygen atoms in total. The van der Waals surface area contributed by atoms with E-state index in [1.165, 1.54) is 0 Å². The van der Waals surface area contributed by atoms with E-state index in [1.807, 2.05) is 30.3 Å². The number of nitrogens with zero attached hydrogens (tertiary/aromatic N) is 1. The van der Waals surface area contributed by atoms with Crippen LogP contribution in [0.3, 0.4) is 0 Å². The highest BCUT2D eigenvalue weighted by atomic mass is 16.6. The van der Waals surface area contributed by atoms with Crippen LogP contribution in [0.1, 0.15) is 17.4 Å². The summed E-state index contributed by atoms with van der Waals surface area (Å²) < 4.78 is 12.2. The first-order chi connectivity index (χ1) is 11.6. The Morgan fingerprint density at radius 3 is 2.67 bits per heavy atom. The third kappa shape index (κ3) is 2.27. The Morgan fingerprint density at radius 2 is 1.92 bits per heavy atom. The average Bonchev–Trinajstić information content (AvgIpc) is 2.76. The molecular weight excluding hydrogens is 316 g/mol. The molecule has 1 fully saturated rings. The van der Waals surface area contributed by atoms with Gasteiger partial charge in [0.25, 0.3) is 5.56 Å². The van der Waals surface area contributed by atoms with Gasteiger partial charge < -0.3 is 19.7 Å². The third-order valence-corrected chi connectivity index (χ3v) is 4.39. The molecule has 0 spiro atoms. The van der Waals surface area contributed by atoms with Gasteiger partial charge in [-0.1, -0.05) is 30.3 Å². The van der Waals surface area contributed by atoms with Crippen LogP contribution in [-0.4, -0.2) is 44.7 Å². The monoisotopic (exact) mass is 332 g/mol. The van der Waals surface area contributed by atoms with Crippen LogP contribution in [0.25, 0.3) is 0 Å². The average molecular weight is 332 g/mol. The lowest BCUT2D eigenvalue weighted by Crippen LogP contribution is -2.42. The largest absolute Gasteiger partial charge is 0.475 e. The number of fused-ring (bicyclic) bond motifs is 4. The SMILES string of the molecule is O=c1[nH]c(=O)n2c(c1Cc1ccccc1)OC[C@H]1O[C@@H]2[C@H](O)[C@@H]1O. The smallest absolute Gasteiger partial charge is 0.333 e. The van der Waals surface area contributed by atoms with Gasteiger partial charge in [-0.05, 0) is 5.56 Å². The van der Waals surface area contributed by atoms with Crippen LogP contribution in [0, 0.1) is 0 Å². The Bertz CT molecular complexity index is 874. The number of benzene rings is 1. The first-order valence-corrected chi connectivity index (χ1v) is 7.62. The van der Waals surface area contributed by atoms with Gasteiger partial charge in [0, 0.05) is 6.42 Å². The molecule has 3 heterocycles. The van der Waals surface area contributed by atoms with Crippen molar-refractivity contribution < 1.29 is 19.7 Å². The van der Waals surface area contributed by atoms with E-state index in [1.54, 1.807) is 0 Å². The zero-order valence-electron chi connectivity index (χ0n) is 12.6. The molecule has 2 bridgehead atoms. The minimum Gasteiger partial charge on any atom is -0.475 e. The number of nitrogens with one attached hydrogen (secondary N) is 1. The first kappa shape index (κ1) is 15.1. The molecule has 8 heteroatoms. The lowest BCUT2D eigenvalue weighted by Gasteiger charge is -2.22. The van der Waals surface area contributed by atoms with Crippen molar-refractivity contribution in [2.75, 3.05) is 6.61 Å². The molecule has 1 saturated heterocycles. The maximum absolute atomic E-state index is 12.3. The molecule has 0 saturated carbocycles. The molecule has 24 heavy (non-hydrogen) atoms. The molecule has 2 aliphatic rings. The molecule has 3 N–H and O–H groups in total. The normalized spacial score (nSPS) is 28.1. The first-order valence-electron chi connectivity index (χ1n) is 7.62. The van der Waals surface area contributed by atoms with E-state index >= 15 is 0 Å². The molecular formula is C16H16N2O6. The van der Waals surface area contributed by atoms with E-state index < -0.39 is 35.8 Å². The standard InChI is InChI=1S/C16H16N2O6/c19-11-10-7-23-14-9(6-8-4-2-1-3-5-8)13(21)17-16(22)18(14)15(24-10)12(11)20/h1-5,10-12,15,19-20H,6-7H2,(H,17,21,22)/t10-,11-,12-,15-/m1/s1. The Morgan fingerprint density at radius 1 is 1.17 bits per heavy atom. The fourth-order valence-electron chi connectivity index (χ4n) is 3.15. The van der Waals surface area contributed by atoms with Gasteiger partial charge in [-0.25, -0.2) is 9.36 Å². The Hall–Kier alpha value is -2.42. The number of hydrogen-bond donors (Lipinski definition) is 3. The van der Waals surface area contributed by atoms with Gasteiger partial charge in [-0.2, -0.15) is 0 Å². The van der Waals surface area contributed by atoms with Crippen LogP contribution in [0.2, 0.25) is 0 Å². The van der Waals surface area contributed by atoms with Crippen LogP contribution in [0.15, 0.2) is 39.9 Å². The number of hydrogen-bond acceptors (Lipinski definition) is 6. The Labute approximate surface area is 135 Å². The highest BCUT2D eigenvalue weighted by molar-refractivity contribution is 5.32. The van der Waals surface area contributed by atoms with E-state index in [0.29, 0.717) is 0 Å². The van der Waals surface area contributed by atoms with E-state index in [4.69, 9.17) is 9.47 Å². The Balaban J connectivity index is 1.86. The summed E-state index contributed by atoms with van der Waals surface area (Å²) in [6.07, 6.45) is -4.02. The predicted molar refractivity (Wildman–Crippen MR) is 82.0 cm³/mol. The van der Waals surface area contributed by atoms with Gasteiger partial charge in [0.15, 0.2) is 6.23 Å². The summed E-state index contributed by atoms with van der Waals surface area (Å²) in [6.45, 7) is -0.0561. The van der Waals surface area contributed by atoms with Crippen molar-refractivity contribution in [3.05, 3.63) is 62.3 Å². The van der Waals surface area contributed by atoms with Gasteiger partial charge >= 0.3 is 5.69 Å². The summed E-state index contributed by atoms with van der Waals surface area (Å²) in [4.78, 5) is 26.7. The minimum atomic E-state index is -1.27. The van der Waals surface area contributed by atoms with E-state index in [9.17, 15) is 19.8 Å².